The van der Waals surface area contributed by atoms with Crippen LogP contribution in [0.3, 0.4) is 0 Å². The molecule has 30 heavy (non-hydrogen) atoms. The molecule has 1 saturated carbocycles. The molecule has 2 heteroatoms. The Morgan fingerprint density at radius 3 is 2.67 bits per heavy atom. The summed E-state index contributed by atoms with van der Waals surface area (Å²) in [7, 11) is 0. The molecule has 1 aromatic carbocycles. The lowest BCUT2D eigenvalue weighted by Crippen LogP contribution is -2.05. The lowest BCUT2D eigenvalue weighted by atomic mass is 9.87. The number of nitrogens with zero attached hydrogens (tertiary/aromatic N) is 1. The van der Waals surface area contributed by atoms with Crippen molar-refractivity contribution in [3.8, 4) is 11.3 Å². The van der Waals surface area contributed by atoms with Gasteiger partial charge in [0.25, 0.3) is 0 Å². The van der Waals surface area contributed by atoms with Gasteiger partial charge in [-0.25, -0.2) is 0 Å². The van der Waals surface area contributed by atoms with Crippen molar-refractivity contribution in [2.24, 2.45) is 5.41 Å². The summed E-state index contributed by atoms with van der Waals surface area (Å²) in [6.45, 7) is 13.2. The number of furan rings is 1. The van der Waals surface area contributed by atoms with Gasteiger partial charge in [0.15, 0.2) is 0 Å². The maximum absolute atomic E-state index is 5.92. The molecule has 0 spiro atoms. The zero-order chi connectivity index (χ0) is 21.3. The Hall–Kier alpha value is -2.61. The van der Waals surface area contributed by atoms with Crippen LogP contribution in [0.25, 0.3) is 34.4 Å². The van der Waals surface area contributed by atoms with Gasteiger partial charge in [0.2, 0.25) is 0 Å². The molecule has 0 amide bonds. The summed E-state index contributed by atoms with van der Waals surface area (Å²) in [4.78, 5) is 4.80. The summed E-state index contributed by atoms with van der Waals surface area (Å²) in [6.07, 6.45) is 14.2. The topological polar surface area (TPSA) is 26.0 Å². The maximum Gasteiger partial charge on any atom is 0.143 e. The fourth-order valence-electron chi connectivity index (χ4n) is 4.97. The molecule has 2 aromatic heterocycles. The number of aromatic nitrogens is 1. The molecule has 0 radical (unpaired) electrons. The number of fused-ring (bicyclic) bond motifs is 1. The van der Waals surface area contributed by atoms with Crippen LogP contribution in [0.2, 0.25) is 0 Å². The van der Waals surface area contributed by atoms with Crippen molar-refractivity contribution in [3.05, 3.63) is 65.6 Å². The fraction of sp³-hybridized carbons (Fsp3) is 0.393. The van der Waals surface area contributed by atoms with Crippen LogP contribution in [-0.2, 0) is 0 Å². The van der Waals surface area contributed by atoms with E-state index in [1.165, 1.54) is 42.4 Å². The summed E-state index contributed by atoms with van der Waals surface area (Å²) in [5.41, 5.74) is 8.25. The largest absolute Gasteiger partial charge is 0.464 e. The Kier molecular flexibility index (Phi) is 5.69. The molecular formula is C28H33NO. The van der Waals surface area contributed by atoms with Gasteiger partial charge >= 0.3 is 0 Å². The second-order valence-electron chi connectivity index (χ2n) is 9.98. The monoisotopic (exact) mass is 399 g/mol. The van der Waals surface area contributed by atoms with Crippen LogP contribution in [0, 0.1) is 5.41 Å². The lowest BCUT2D eigenvalue weighted by molar-refractivity contribution is 0.411. The van der Waals surface area contributed by atoms with Gasteiger partial charge in [-0.3, -0.25) is 4.98 Å². The van der Waals surface area contributed by atoms with E-state index in [1.807, 2.05) is 12.3 Å². The van der Waals surface area contributed by atoms with Gasteiger partial charge in [0, 0.05) is 22.7 Å². The molecule has 1 fully saturated rings. The van der Waals surface area contributed by atoms with Crippen LogP contribution in [0.1, 0.15) is 82.4 Å². The standard InChI is InChI=1S/C28H33NO/c1-6-24-21(15-19(2)18-28(3,4)5)11-13-29-26(24)25-17-23(20-9-7-8-10-20)16-22-12-14-30-27(22)25/h6,11-17,20H,1,7-10,18H2,2-5H3/b19-15+. The number of benzene rings is 1. The van der Waals surface area contributed by atoms with Gasteiger partial charge in [0.1, 0.15) is 5.58 Å². The van der Waals surface area contributed by atoms with Crippen molar-refractivity contribution in [2.45, 2.75) is 65.7 Å². The number of allylic oxidation sites excluding steroid dienone is 1. The van der Waals surface area contributed by atoms with Gasteiger partial charge in [-0.2, -0.15) is 0 Å². The Labute approximate surface area is 180 Å². The van der Waals surface area contributed by atoms with Crippen LogP contribution in [0.4, 0.5) is 0 Å². The highest BCUT2D eigenvalue weighted by Gasteiger charge is 2.21. The van der Waals surface area contributed by atoms with Crippen molar-refractivity contribution in [2.75, 3.05) is 0 Å². The molecule has 2 nitrogen and oxygen atoms in total. The third kappa shape index (κ3) is 4.28. The Morgan fingerprint density at radius 1 is 1.20 bits per heavy atom. The van der Waals surface area contributed by atoms with Crippen molar-refractivity contribution in [1.29, 1.82) is 0 Å². The molecule has 0 atom stereocenters. The number of hydrogen-bond donors (Lipinski definition) is 0. The van der Waals surface area contributed by atoms with Gasteiger partial charge < -0.3 is 4.42 Å². The zero-order valence-electron chi connectivity index (χ0n) is 18.8. The second kappa shape index (κ2) is 8.26. The second-order valence-corrected chi connectivity index (χ2v) is 9.98. The van der Waals surface area contributed by atoms with Crippen LogP contribution >= 0.6 is 0 Å². The van der Waals surface area contributed by atoms with Crippen LogP contribution in [-0.4, -0.2) is 4.98 Å². The predicted octanol–water partition coefficient (Wildman–Crippen LogP) is 8.63. The molecule has 0 bridgehead atoms. The van der Waals surface area contributed by atoms with Crippen LogP contribution < -0.4 is 0 Å². The van der Waals surface area contributed by atoms with E-state index in [0.29, 0.717) is 5.92 Å². The first-order valence-electron chi connectivity index (χ1n) is 11.2. The highest BCUT2D eigenvalue weighted by molar-refractivity contribution is 5.95. The van der Waals surface area contributed by atoms with Crippen LogP contribution in [0.15, 0.2) is 53.3 Å². The van der Waals surface area contributed by atoms with Crippen molar-refractivity contribution in [3.63, 3.8) is 0 Å². The average molecular weight is 400 g/mol. The molecule has 1 aliphatic rings. The van der Waals surface area contributed by atoms with E-state index >= 15 is 0 Å². The van der Waals surface area contributed by atoms with E-state index in [-0.39, 0.29) is 5.41 Å². The molecule has 3 aromatic rings. The van der Waals surface area contributed by atoms with Gasteiger partial charge in [-0.15, -0.1) is 0 Å². The Morgan fingerprint density at radius 2 is 1.97 bits per heavy atom. The van der Waals surface area contributed by atoms with Gasteiger partial charge in [-0.1, -0.05) is 57.9 Å². The minimum atomic E-state index is 0.265. The van der Waals surface area contributed by atoms with E-state index < -0.39 is 0 Å². The average Bonchev–Trinajstić information content (AvgIpc) is 3.37. The molecule has 4 rings (SSSR count). The molecule has 156 valence electrons. The molecule has 0 saturated heterocycles. The highest BCUT2D eigenvalue weighted by atomic mass is 16.3. The van der Waals surface area contributed by atoms with Crippen LogP contribution in [0.5, 0.6) is 0 Å². The van der Waals surface area contributed by atoms with Gasteiger partial charge in [-0.05, 0) is 72.9 Å². The third-order valence-corrected chi connectivity index (χ3v) is 6.09. The van der Waals surface area contributed by atoms with E-state index in [2.05, 4.69) is 64.6 Å². The first-order valence-corrected chi connectivity index (χ1v) is 11.2. The summed E-state index contributed by atoms with van der Waals surface area (Å²) in [5, 5.41) is 1.16. The Balaban J connectivity index is 1.85. The van der Waals surface area contributed by atoms with E-state index in [9.17, 15) is 0 Å². The molecule has 2 heterocycles. The fourth-order valence-corrected chi connectivity index (χ4v) is 4.97. The summed E-state index contributed by atoms with van der Waals surface area (Å²) < 4.78 is 5.92. The molecule has 1 aliphatic carbocycles. The minimum absolute atomic E-state index is 0.265. The first-order chi connectivity index (χ1) is 14.4. The Bertz CT molecular complexity index is 1090. The summed E-state index contributed by atoms with van der Waals surface area (Å²) in [6, 6.07) is 8.78. The smallest absolute Gasteiger partial charge is 0.143 e. The number of rotatable bonds is 5. The third-order valence-electron chi connectivity index (χ3n) is 6.09. The normalized spacial score (nSPS) is 15.8. The molecule has 0 aliphatic heterocycles. The van der Waals surface area contributed by atoms with Crippen molar-refractivity contribution >= 4 is 23.1 Å². The van der Waals surface area contributed by atoms with Gasteiger partial charge in [0.05, 0.1) is 12.0 Å². The zero-order valence-corrected chi connectivity index (χ0v) is 18.8. The minimum Gasteiger partial charge on any atom is -0.464 e. The van der Waals surface area contributed by atoms with Crippen molar-refractivity contribution < 1.29 is 4.42 Å². The lowest BCUT2D eigenvalue weighted by Gasteiger charge is -2.19. The molecule has 0 unspecified atom stereocenters. The summed E-state index contributed by atoms with van der Waals surface area (Å²) >= 11 is 0. The summed E-state index contributed by atoms with van der Waals surface area (Å²) in [5.74, 6) is 0.646. The SMILES string of the molecule is C=Cc1c(/C=C(\C)CC(C)(C)C)ccnc1-c1cc(C2CCCC2)cc2ccoc12. The quantitative estimate of drug-likeness (QED) is 0.429. The first kappa shape index (κ1) is 20.7. The maximum atomic E-state index is 5.92. The number of pyridine rings is 1. The predicted molar refractivity (Wildman–Crippen MR) is 128 cm³/mol. The molecular weight excluding hydrogens is 366 g/mol. The van der Waals surface area contributed by atoms with E-state index in [0.717, 1.165) is 34.2 Å². The highest BCUT2D eigenvalue weighted by Crippen LogP contribution is 2.40. The number of hydrogen-bond acceptors (Lipinski definition) is 2. The van der Waals surface area contributed by atoms with E-state index in [1.54, 1.807) is 6.26 Å². The van der Waals surface area contributed by atoms with Crippen molar-refractivity contribution in [1.82, 2.24) is 4.98 Å². The van der Waals surface area contributed by atoms with E-state index in [4.69, 9.17) is 9.40 Å². The molecule has 0 N–H and O–H groups in total.